The van der Waals surface area contributed by atoms with Crippen LogP contribution in [0.3, 0.4) is 0 Å². The van der Waals surface area contributed by atoms with E-state index in [1.54, 1.807) is 13.3 Å². The number of anilines is 3. The molecule has 1 aliphatic heterocycles. The van der Waals surface area contributed by atoms with Crippen molar-refractivity contribution < 1.29 is 9.47 Å². The van der Waals surface area contributed by atoms with E-state index in [1.165, 1.54) is 12.1 Å². The van der Waals surface area contributed by atoms with Crippen LogP contribution in [-0.4, -0.2) is 36.8 Å². The number of fused-ring (bicyclic) bond motifs is 1. The number of ether oxygens (including phenoxy) is 2. The van der Waals surface area contributed by atoms with Crippen LogP contribution in [0.25, 0.3) is 10.9 Å². The predicted molar refractivity (Wildman–Crippen MR) is 107 cm³/mol. The largest absolute Gasteiger partial charge is 0.371 e. The summed E-state index contributed by atoms with van der Waals surface area (Å²) in [7, 11) is 1.62. The molecule has 0 aliphatic carbocycles. The number of aromatic nitrogens is 2. The lowest BCUT2D eigenvalue weighted by Gasteiger charge is -2.33. The minimum atomic E-state index is -0.440. The number of nitrogens with one attached hydrogen (secondary N) is 1. The van der Waals surface area contributed by atoms with Crippen LogP contribution < -0.4 is 10.2 Å². The van der Waals surface area contributed by atoms with Gasteiger partial charge in [0, 0.05) is 49.8 Å². The van der Waals surface area contributed by atoms with E-state index in [4.69, 9.17) is 9.47 Å². The molecule has 2 aromatic heterocycles. The molecule has 0 bridgehead atoms. The topological polar surface area (TPSA) is 59.5 Å². The van der Waals surface area contributed by atoms with Gasteiger partial charge in [-0.2, -0.15) is 0 Å². The Bertz CT molecular complexity index is 910. The second-order valence-electron chi connectivity index (χ2n) is 6.52. The summed E-state index contributed by atoms with van der Waals surface area (Å²) in [6.07, 6.45) is 4.45. The van der Waals surface area contributed by atoms with E-state index in [0.29, 0.717) is 6.61 Å². The molecule has 6 heteroatoms. The molecule has 140 valence electrons. The zero-order valence-electron chi connectivity index (χ0n) is 15.7. The van der Waals surface area contributed by atoms with Gasteiger partial charge in [0.05, 0.1) is 23.1 Å². The van der Waals surface area contributed by atoms with E-state index in [-0.39, 0.29) is 0 Å². The van der Waals surface area contributed by atoms with Crippen molar-refractivity contribution >= 4 is 28.0 Å². The zero-order chi connectivity index (χ0) is 18.6. The van der Waals surface area contributed by atoms with Gasteiger partial charge in [-0.25, -0.2) is 0 Å². The minimum Gasteiger partial charge on any atom is -0.371 e. The summed E-state index contributed by atoms with van der Waals surface area (Å²) in [5.74, 6) is 0. The van der Waals surface area contributed by atoms with Crippen LogP contribution >= 0.6 is 0 Å². The molecule has 0 radical (unpaired) electrons. The molecule has 1 aromatic carbocycles. The lowest BCUT2D eigenvalue weighted by atomic mass is 10.1. The molecular formula is C21H24N4O2. The van der Waals surface area contributed by atoms with Gasteiger partial charge in [0.1, 0.15) is 0 Å². The Hall–Kier alpha value is -2.70. The van der Waals surface area contributed by atoms with Gasteiger partial charge in [0.2, 0.25) is 6.29 Å². The molecular weight excluding hydrogens is 340 g/mol. The maximum absolute atomic E-state index is 5.53. The first-order chi connectivity index (χ1) is 13.3. The third-order valence-corrected chi connectivity index (χ3v) is 4.79. The Kier molecular flexibility index (Phi) is 5.18. The van der Waals surface area contributed by atoms with Crippen LogP contribution in [0.5, 0.6) is 0 Å². The van der Waals surface area contributed by atoms with Crippen molar-refractivity contribution in [2.24, 2.45) is 0 Å². The molecule has 0 saturated carbocycles. The Labute approximate surface area is 159 Å². The Morgan fingerprint density at radius 3 is 2.70 bits per heavy atom. The second kappa shape index (κ2) is 7.90. The Morgan fingerprint density at radius 1 is 1.15 bits per heavy atom. The molecule has 1 atom stereocenters. The summed E-state index contributed by atoms with van der Waals surface area (Å²) < 4.78 is 10.9. The van der Waals surface area contributed by atoms with Crippen molar-refractivity contribution in [3.05, 3.63) is 54.5 Å². The number of nitrogens with zero attached hydrogens (tertiary/aromatic N) is 3. The highest BCUT2D eigenvalue weighted by molar-refractivity contribution is 5.95. The summed E-state index contributed by atoms with van der Waals surface area (Å²) in [5.41, 5.74) is 4.91. The monoisotopic (exact) mass is 364 g/mol. The average Bonchev–Trinajstić information content (AvgIpc) is 2.66. The molecule has 1 saturated heterocycles. The summed E-state index contributed by atoms with van der Waals surface area (Å²) in [5, 5.41) is 4.57. The zero-order valence-corrected chi connectivity index (χ0v) is 15.7. The van der Waals surface area contributed by atoms with Gasteiger partial charge in [-0.3, -0.25) is 9.97 Å². The number of rotatable bonds is 7. The highest BCUT2D eigenvalue weighted by Gasteiger charge is 2.16. The van der Waals surface area contributed by atoms with E-state index in [1.807, 2.05) is 31.3 Å². The summed E-state index contributed by atoms with van der Waals surface area (Å²) >= 11 is 0. The van der Waals surface area contributed by atoms with E-state index < -0.39 is 6.29 Å². The molecule has 0 spiro atoms. The summed E-state index contributed by atoms with van der Waals surface area (Å²) in [6, 6.07) is 12.3. The number of hydrogen-bond donors (Lipinski definition) is 1. The summed E-state index contributed by atoms with van der Waals surface area (Å²) in [4.78, 5) is 11.3. The van der Waals surface area contributed by atoms with Crippen molar-refractivity contribution in [1.29, 1.82) is 0 Å². The number of methoxy groups -OCH3 is 1. The molecule has 3 heterocycles. The van der Waals surface area contributed by atoms with Gasteiger partial charge < -0.3 is 19.7 Å². The normalized spacial score (nSPS) is 14.8. The van der Waals surface area contributed by atoms with E-state index in [9.17, 15) is 0 Å². The van der Waals surface area contributed by atoms with Gasteiger partial charge in [-0.15, -0.1) is 0 Å². The van der Waals surface area contributed by atoms with Crippen molar-refractivity contribution in [2.45, 2.75) is 19.6 Å². The molecule has 4 rings (SSSR count). The van der Waals surface area contributed by atoms with Crippen LogP contribution in [0.1, 0.15) is 25.3 Å². The Morgan fingerprint density at radius 2 is 2.04 bits per heavy atom. The molecule has 1 N–H and O–H groups in total. The van der Waals surface area contributed by atoms with Crippen LogP contribution in [0.4, 0.5) is 17.1 Å². The van der Waals surface area contributed by atoms with Gasteiger partial charge in [-0.1, -0.05) is 0 Å². The van der Waals surface area contributed by atoms with Gasteiger partial charge in [0.25, 0.3) is 0 Å². The van der Waals surface area contributed by atoms with E-state index >= 15 is 0 Å². The van der Waals surface area contributed by atoms with E-state index in [0.717, 1.165) is 41.1 Å². The molecule has 1 fully saturated rings. The number of hydrogen-bond acceptors (Lipinski definition) is 6. The summed E-state index contributed by atoms with van der Waals surface area (Å²) in [6.45, 7) is 4.76. The SMILES string of the molecule is CCOC(OC)c1ccc(Nc2ccnc3ccc(N4CCC4)cc23)cn1. The first kappa shape index (κ1) is 17.7. The van der Waals surface area contributed by atoms with Crippen LogP contribution in [0.2, 0.25) is 0 Å². The number of benzene rings is 1. The fourth-order valence-electron chi connectivity index (χ4n) is 3.21. The number of pyridine rings is 2. The standard InChI is InChI=1S/C21H24N4O2/c1-3-27-21(26-2)20-7-5-15(14-23-20)24-19-9-10-22-18-8-6-16(13-17(18)19)25-11-4-12-25/h5-10,13-14,21H,3-4,11-12H2,1-2H3,(H,22,24). The van der Waals surface area contributed by atoms with Crippen LogP contribution in [-0.2, 0) is 9.47 Å². The van der Waals surface area contributed by atoms with Crippen molar-refractivity contribution in [3.63, 3.8) is 0 Å². The lowest BCUT2D eigenvalue weighted by molar-refractivity contribution is -0.126. The first-order valence-electron chi connectivity index (χ1n) is 9.29. The van der Waals surface area contributed by atoms with Crippen molar-refractivity contribution in [1.82, 2.24) is 9.97 Å². The van der Waals surface area contributed by atoms with E-state index in [2.05, 4.69) is 38.4 Å². The predicted octanol–water partition coefficient (Wildman–Crippen LogP) is 4.27. The smallest absolute Gasteiger partial charge is 0.200 e. The average molecular weight is 364 g/mol. The Balaban J connectivity index is 1.59. The first-order valence-corrected chi connectivity index (χ1v) is 9.29. The molecule has 1 unspecified atom stereocenters. The fourth-order valence-corrected chi connectivity index (χ4v) is 3.21. The van der Waals surface area contributed by atoms with Crippen molar-refractivity contribution in [2.75, 3.05) is 37.0 Å². The quantitative estimate of drug-likeness (QED) is 0.632. The highest BCUT2D eigenvalue weighted by atomic mass is 16.7. The minimum absolute atomic E-state index is 0.440. The molecule has 6 nitrogen and oxygen atoms in total. The molecule has 27 heavy (non-hydrogen) atoms. The molecule has 1 aliphatic rings. The molecule has 0 amide bonds. The lowest BCUT2D eigenvalue weighted by Crippen LogP contribution is -2.36. The molecule has 3 aromatic rings. The fraction of sp³-hybridized carbons (Fsp3) is 0.333. The van der Waals surface area contributed by atoms with Crippen LogP contribution in [0.15, 0.2) is 48.8 Å². The third kappa shape index (κ3) is 3.72. The van der Waals surface area contributed by atoms with Crippen LogP contribution in [0, 0.1) is 0 Å². The maximum atomic E-state index is 5.53. The highest BCUT2D eigenvalue weighted by Crippen LogP contribution is 2.30. The van der Waals surface area contributed by atoms with Crippen molar-refractivity contribution in [3.8, 4) is 0 Å². The maximum Gasteiger partial charge on any atom is 0.200 e. The second-order valence-corrected chi connectivity index (χ2v) is 6.52. The third-order valence-electron chi connectivity index (χ3n) is 4.79. The van der Waals surface area contributed by atoms with Gasteiger partial charge in [0.15, 0.2) is 0 Å². The van der Waals surface area contributed by atoms with Gasteiger partial charge in [-0.05, 0) is 49.7 Å². The van der Waals surface area contributed by atoms with Gasteiger partial charge >= 0.3 is 0 Å².